The van der Waals surface area contributed by atoms with Gasteiger partial charge in [0.2, 0.25) is 0 Å². The summed E-state index contributed by atoms with van der Waals surface area (Å²) in [7, 11) is 1.64. The van der Waals surface area contributed by atoms with Gasteiger partial charge in [-0.25, -0.2) is 4.79 Å². The second kappa shape index (κ2) is 9.17. The van der Waals surface area contributed by atoms with Crippen LogP contribution in [0.2, 0.25) is 0 Å². The number of ether oxygens (including phenoxy) is 1. The van der Waals surface area contributed by atoms with E-state index >= 15 is 0 Å². The van der Waals surface area contributed by atoms with E-state index in [1.165, 1.54) is 0 Å². The van der Waals surface area contributed by atoms with Crippen LogP contribution in [0, 0.1) is 0 Å². The van der Waals surface area contributed by atoms with Gasteiger partial charge in [0, 0.05) is 13.1 Å². The molecule has 0 fully saturated rings. The lowest BCUT2D eigenvalue weighted by atomic mass is 10.1. The summed E-state index contributed by atoms with van der Waals surface area (Å²) in [6, 6.07) is 9.45. The Kier molecular flexibility index (Phi) is 6.90. The summed E-state index contributed by atoms with van der Waals surface area (Å²) in [4.78, 5) is 11.7. The molecular weight excluding hydrogens is 312 g/mol. The Bertz CT molecular complexity index is 584. The number of amides is 2. The third-order valence-electron chi connectivity index (χ3n) is 3.49. The van der Waals surface area contributed by atoms with Crippen molar-refractivity contribution in [1.29, 1.82) is 0 Å². The third kappa shape index (κ3) is 5.92. The van der Waals surface area contributed by atoms with Gasteiger partial charge in [0.15, 0.2) is 0 Å². The second-order valence-electron chi connectivity index (χ2n) is 5.14. The maximum Gasteiger partial charge on any atom is 0.314 e. The van der Waals surface area contributed by atoms with Gasteiger partial charge < -0.3 is 20.5 Å². The third-order valence-corrected chi connectivity index (χ3v) is 4.19. The normalized spacial score (nSPS) is 11.7. The zero-order valence-corrected chi connectivity index (χ0v) is 13.9. The smallest absolute Gasteiger partial charge is 0.314 e. The number of thiophene rings is 1. The Balaban J connectivity index is 1.59. The molecular formula is C17H22N2O3S. The van der Waals surface area contributed by atoms with E-state index in [9.17, 15) is 9.90 Å². The highest BCUT2D eigenvalue weighted by Crippen LogP contribution is 2.18. The zero-order valence-electron chi connectivity index (χ0n) is 13.1. The molecule has 0 radical (unpaired) electrons. The number of hydrogen-bond acceptors (Lipinski definition) is 4. The van der Waals surface area contributed by atoms with Gasteiger partial charge in [0.25, 0.3) is 0 Å². The molecule has 23 heavy (non-hydrogen) atoms. The molecule has 1 atom stereocenters. The van der Waals surface area contributed by atoms with Crippen LogP contribution in [0.3, 0.4) is 0 Å². The average Bonchev–Trinajstić information content (AvgIpc) is 3.10. The SMILES string of the molecule is COc1ccc(CCNC(=O)NCC[C@H](O)c2ccsc2)cc1. The summed E-state index contributed by atoms with van der Waals surface area (Å²) >= 11 is 1.55. The molecule has 124 valence electrons. The van der Waals surface area contributed by atoms with Crippen molar-refractivity contribution in [2.24, 2.45) is 0 Å². The monoisotopic (exact) mass is 334 g/mol. The predicted molar refractivity (Wildman–Crippen MR) is 92.0 cm³/mol. The molecule has 0 aliphatic carbocycles. The van der Waals surface area contributed by atoms with Crippen LogP contribution >= 0.6 is 11.3 Å². The Morgan fingerprint density at radius 1 is 1.22 bits per heavy atom. The van der Waals surface area contributed by atoms with Gasteiger partial charge in [-0.3, -0.25) is 0 Å². The lowest BCUT2D eigenvalue weighted by Crippen LogP contribution is -2.37. The molecule has 0 aliphatic rings. The lowest BCUT2D eigenvalue weighted by molar-refractivity contribution is 0.167. The average molecular weight is 334 g/mol. The maximum absolute atomic E-state index is 11.7. The van der Waals surface area contributed by atoms with E-state index in [1.807, 2.05) is 41.1 Å². The number of methoxy groups -OCH3 is 1. The number of aliphatic hydroxyl groups is 1. The van der Waals surface area contributed by atoms with Gasteiger partial charge in [0.1, 0.15) is 5.75 Å². The van der Waals surface area contributed by atoms with E-state index in [0.717, 1.165) is 23.3 Å². The summed E-state index contributed by atoms with van der Waals surface area (Å²) in [5.41, 5.74) is 2.04. The number of aliphatic hydroxyl groups excluding tert-OH is 1. The first kappa shape index (κ1) is 17.3. The zero-order chi connectivity index (χ0) is 16.5. The molecule has 2 aromatic rings. The summed E-state index contributed by atoms with van der Waals surface area (Å²) < 4.78 is 5.10. The molecule has 0 saturated heterocycles. The minimum Gasteiger partial charge on any atom is -0.497 e. The highest BCUT2D eigenvalue weighted by atomic mass is 32.1. The van der Waals surface area contributed by atoms with E-state index in [-0.39, 0.29) is 6.03 Å². The number of urea groups is 1. The highest BCUT2D eigenvalue weighted by Gasteiger charge is 2.08. The van der Waals surface area contributed by atoms with Gasteiger partial charge in [-0.15, -0.1) is 0 Å². The predicted octanol–water partition coefficient (Wildman–Crippen LogP) is 2.72. The fraction of sp³-hybridized carbons (Fsp3) is 0.353. The Morgan fingerprint density at radius 2 is 1.96 bits per heavy atom. The van der Waals surface area contributed by atoms with Gasteiger partial charge >= 0.3 is 6.03 Å². The quantitative estimate of drug-likeness (QED) is 0.695. The summed E-state index contributed by atoms with van der Waals surface area (Å²) in [6.07, 6.45) is 0.734. The number of carbonyl (C=O) groups excluding carboxylic acids is 1. The first-order valence-electron chi connectivity index (χ1n) is 7.54. The molecule has 6 heteroatoms. The van der Waals surface area contributed by atoms with Crippen molar-refractivity contribution in [3.63, 3.8) is 0 Å². The van der Waals surface area contributed by atoms with Gasteiger partial charge in [0.05, 0.1) is 13.2 Å². The van der Waals surface area contributed by atoms with Crippen molar-refractivity contribution in [1.82, 2.24) is 10.6 Å². The van der Waals surface area contributed by atoms with Crippen molar-refractivity contribution in [3.05, 3.63) is 52.2 Å². The van der Waals surface area contributed by atoms with E-state index in [2.05, 4.69) is 10.6 Å². The van der Waals surface area contributed by atoms with Crippen LogP contribution in [0.5, 0.6) is 5.75 Å². The van der Waals surface area contributed by atoms with Crippen LogP contribution in [0.25, 0.3) is 0 Å². The highest BCUT2D eigenvalue weighted by molar-refractivity contribution is 7.07. The molecule has 3 N–H and O–H groups in total. The Morgan fingerprint density at radius 3 is 2.61 bits per heavy atom. The maximum atomic E-state index is 11.7. The number of rotatable bonds is 8. The second-order valence-corrected chi connectivity index (χ2v) is 5.92. The number of carbonyl (C=O) groups is 1. The Labute approximate surface area is 140 Å². The fourth-order valence-corrected chi connectivity index (χ4v) is 2.84. The summed E-state index contributed by atoms with van der Waals surface area (Å²) in [5, 5.41) is 19.3. The van der Waals surface area contributed by atoms with Crippen molar-refractivity contribution >= 4 is 17.4 Å². The lowest BCUT2D eigenvalue weighted by Gasteiger charge is -2.11. The Hall–Kier alpha value is -2.05. The van der Waals surface area contributed by atoms with E-state index in [1.54, 1.807) is 18.4 Å². The van der Waals surface area contributed by atoms with E-state index < -0.39 is 6.10 Å². The van der Waals surface area contributed by atoms with Gasteiger partial charge in [-0.2, -0.15) is 11.3 Å². The fourth-order valence-electron chi connectivity index (χ4n) is 2.13. The molecule has 0 unspecified atom stereocenters. The molecule has 2 rings (SSSR count). The number of benzene rings is 1. The van der Waals surface area contributed by atoms with Crippen LogP contribution in [-0.4, -0.2) is 31.3 Å². The topological polar surface area (TPSA) is 70.6 Å². The van der Waals surface area contributed by atoms with Crippen molar-refractivity contribution in [2.45, 2.75) is 18.9 Å². The summed E-state index contributed by atoms with van der Waals surface area (Å²) in [5.74, 6) is 0.823. The molecule has 5 nitrogen and oxygen atoms in total. The van der Waals surface area contributed by atoms with E-state index in [0.29, 0.717) is 19.5 Å². The minimum atomic E-state index is -0.527. The van der Waals surface area contributed by atoms with Gasteiger partial charge in [-0.1, -0.05) is 12.1 Å². The van der Waals surface area contributed by atoms with Gasteiger partial charge in [-0.05, 0) is 52.9 Å². The first-order valence-corrected chi connectivity index (χ1v) is 8.48. The largest absolute Gasteiger partial charge is 0.497 e. The molecule has 1 aromatic heterocycles. The first-order chi connectivity index (χ1) is 11.2. The van der Waals surface area contributed by atoms with E-state index in [4.69, 9.17) is 4.74 Å². The number of nitrogens with one attached hydrogen (secondary N) is 2. The van der Waals surface area contributed by atoms with Crippen molar-refractivity contribution in [2.75, 3.05) is 20.2 Å². The van der Waals surface area contributed by atoms with Crippen LogP contribution < -0.4 is 15.4 Å². The molecule has 0 saturated carbocycles. The molecule has 0 spiro atoms. The van der Waals surface area contributed by atoms with Crippen LogP contribution in [0.1, 0.15) is 23.7 Å². The standard InChI is InChI=1S/C17H22N2O3S/c1-22-15-4-2-13(3-5-15)6-9-18-17(21)19-10-7-16(20)14-8-11-23-12-14/h2-5,8,11-12,16,20H,6-7,9-10H2,1H3,(H2,18,19,21)/t16-/m0/s1. The molecule has 2 amide bonds. The van der Waals surface area contributed by atoms with Crippen LogP contribution in [0.4, 0.5) is 4.79 Å². The molecule has 0 aliphatic heterocycles. The van der Waals surface area contributed by atoms with Crippen molar-refractivity contribution < 1.29 is 14.6 Å². The molecule has 0 bridgehead atoms. The minimum absolute atomic E-state index is 0.212. The molecule has 1 aromatic carbocycles. The number of hydrogen-bond donors (Lipinski definition) is 3. The van der Waals surface area contributed by atoms with Crippen molar-refractivity contribution in [3.8, 4) is 5.75 Å². The van der Waals surface area contributed by atoms with Crippen LogP contribution in [-0.2, 0) is 6.42 Å². The molecule has 1 heterocycles. The van der Waals surface area contributed by atoms with Crippen LogP contribution in [0.15, 0.2) is 41.1 Å². The summed E-state index contributed by atoms with van der Waals surface area (Å²) in [6.45, 7) is 0.997.